The molecule has 0 fully saturated rings. The highest BCUT2D eigenvalue weighted by Gasteiger charge is 2.13. The number of hydrogen-bond acceptors (Lipinski definition) is 1. The molecule has 1 rings (SSSR count). The van der Waals surface area contributed by atoms with Crippen LogP contribution in [0, 0.1) is 0 Å². The Morgan fingerprint density at radius 2 is 2.33 bits per heavy atom. The van der Waals surface area contributed by atoms with Gasteiger partial charge in [0.15, 0.2) is 0 Å². The molecule has 1 aromatic heterocycles. The van der Waals surface area contributed by atoms with E-state index >= 15 is 0 Å². The maximum atomic E-state index is 12.2. The molecule has 2 nitrogen and oxygen atoms in total. The van der Waals surface area contributed by atoms with Crippen molar-refractivity contribution in [2.24, 2.45) is 0 Å². The van der Waals surface area contributed by atoms with E-state index in [1.165, 1.54) is 6.20 Å². The van der Waals surface area contributed by atoms with Gasteiger partial charge < -0.3 is 0 Å². The van der Waals surface area contributed by atoms with Crippen molar-refractivity contribution in [3.05, 3.63) is 17.5 Å². The van der Waals surface area contributed by atoms with Gasteiger partial charge in [0.2, 0.25) is 0 Å². The molecule has 0 aromatic carbocycles. The Balaban J connectivity index is 2.64. The SMILES string of the molecule is CCCCc1cn[nH]c1C(F)F. The third-order valence-corrected chi connectivity index (χ3v) is 1.77. The van der Waals surface area contributed by atoms with Crippen LogP contribution < -0.4 is 0 Å². The average Bonchev–Trinajstić information content (AvgIpc) is 2.48. The molecule has 0 aliphatic heterocycles. The van der Waals surface area contributed by atoms with Gasteiger partial charge in [0.1, 0.15) is 5.69 Å². The van der Waals surface area contributed by atoms with Crippen LogP contribution in [0.3, 0.4) is 0 Å². The van der Waals surface area contributed by atoms with Crippen molar-refractivity contribution in [1.29, 1.82) is 0 Å². The van der Waals surface area contributed by atoms with Crippen LogP contribution in [0.5, 0.6) is 0 Å². The van der Waals surface area contributed by atoms with Gasteiger partial charge >= 0.3 is 0 Å². The van der Waals surface area contributed by atoms with Gasteiger partial charge in [0.25, 0.3) is 6.43 Å². The molecule has 0 spiro atoms. The summed E-state index contributed by atoms with van der Waals surface area (Å²) in [5, 5.41) is 5.91. The van der Waals surface area contributed by atoms with E-state index in [9.17, 15) is 8.78 Å². The fraction of sp³-hybridized carbons (Fsp3) is 0.625. The minimum absolute atomic E-state index is 0.0246. The summed E-state index contributed by atoms with van der Waals surface area (Å²) in [5.41, 5.74) is 0.621. The predicted octanol–water partition coefficient (Wildman–Crippen LogP) is 2.69. The Morgan fingerprint density at radius 1 is 1.58 bits per heavy atom. The van der Waals surface area contributed by atoms with E-state index < -0.39 is 6.43 Å². The van der Waals surface area contributed by atoms with Crippen molar-refractivity contribution in [3.8, 4) is 0 Å². The average molecular weight is 174 g/mol. The quantitative estimate of drug-likeness (QED) is 0.746. The number of halogens is 2. The predicted molar refractivity (Wildman–Crippen MR) is 42.2 cm³/mol. The van der Waals surface area contributed by atoms with Gasteiger partial charge in [-0.05, 0) is 18.4 Å². The number of nitrogens with zero attached hydrogens (tertiary/aromatic N) is 1. The summed E-state index contributed by atoms with van der Waals surface area (Å²) in [4.78, 5) is 0. The molecule has 12 heavy (non-hydrogen) atoms. The number of hydrogen-bond donors (Lipinski definition) is 1. The van der Waals surface area contributed by atoms with Crippen LogP contribution in [0.1, 0.15) is 37.4 Å². The molecule has 0 unspecified atom stereocenters. The molecule has 0 bridgehead atoms. The number of aromatic nitrogens is 2. The fourth-order valence-electron chi connectivity index (χ4n) is 1.08. The van der Waals surface area contributed by atoms with Gasteiger partial charge in [0.05, 0.1) is 6.20 Å². The number of nitrogens with one attached hydrogen (secondary N) is 1. The molecule has 0 aliphatic rings. The van der Waals surface area contributed by atoms with E-state index in [0.717, 1.165) is 12.8 Å². The third kappa shape index (κ3) is 2.03. The van der Waals surface area contributed by atoms with Gasteiger partial charge in [-0.2, -0.15) is 5.10 Å². The molecule has 0 saturated carbocycles. The Labute approximate surface area is 70.0 Å². The first-order valence-corrected chi connectivity index (χ1v) is 4.06. The standard InChI is InChI=1S/C8H12F2N2/c1-2-3-4-6-5-11-12-7(6)8(9)10/h5,8H,2-4H2,1H3,(H,11,12). The van der Waals surface area contributed by atoms with Gasteiger partial charge in [-0.3, -0.25) is 5.10 Å². The first-order valence-electron chi connectivity index (χ1n) is 4.06. The highest BCUT2D eigenvalue weighted by molar-refractivity contribution is 5.17. The Bertz CT molecular complexity index is 233. The van der Waals surface area contributed by atoms with E-state index in [1.807, 2.05) is 6.92 Å². The molecular weight excluding hydrogens is 162 g/mol. The summed E-state index contributed by atoms with van der Waals surface area (Å²) in [7, 11) is 0. The van der Waals surface area contributed by atoms with E-state index in [-0.39, 0.29) is 5.69 Å². The lowest BCUT2D eigenvalue weighted by Crippen LogP contribution is -1.91. The first-order chi connectivity index (χ1) is 5.75. The Morgan fingerprint density at radius 3 is 2.92 bits per heavy atom. The molecular formula is C8H12F2N2. The Kier molecular flexibility index (Phi) is 3.19. The number of aryl methyl sites for hydroxylation is 1. The van der Waals surface area contributed by atoms with Crippen molar-refractivity contribution >= 4 is 0 Å². The lowest BCUT2D eigenvalue weighted by molar-refractivity contribution is 0.145. The molecule has 1 heterocycles. The van der Waals surface area contributed by atoms with Crippen LogP contribution in [0.15, 0.2) is 6.20 Å². The minimum Gasteiger partial charge on any atom is -0.276 e. The number of alkyl halides is 2. The number of H-pyrrole nitrogens is 1. The van der Waals surface area contributed by atoms with Crippen molar-refractivity contribution in [1.82, 2.24) is 10.2 Å². The van der Waals surface area contributed by atoms with Crippen LogP contribution in [0.25, 0.3) is 0 Å². The summed E-state index contributed by atoms with van der Waals surface area (Å²) in [5.74, 6) is 0. The monoisotopic (exact) mass is 174 g/mol. The van der Waals surface area contributed by atoms with Crippen molar-refractivity contribution in [2.45, 2.75) is 32.6 Å². The minimum atomic E-state index is -2.43. The maximum absolute atomic E-state index is 12.2. The molecule has 0 saturated heterocycles. The van der Waals surface area contributed by atoms with Gasteiger partial charge in [-0.15, -0.1) is 0 Å². The third-order valence-electron chi connectivity index (χ3n) is 1.77. The summed E-state index contributed by atoms with van der Waals surface area (Å²) in [6.07, 6.45) is 1.68. The summed E-state index contributed by atoms with van der Waals surface area (Å²) in [6, 6.07) is 0. The fourth-order valence-corrected chi connectivity index (χ4v) is 1.08. The molecule has 1 N–H and O–H groups in total. The highest BCUT2D eigenvalue weighted by atomic mass is 19.3. The lowest BCUT2D eigenvalue weighted by atomic mass is 10.1. The number of unbranched alkanes of at least 4 members (excludes halogenated alkanes) is 1. The highest BCUT2D eigenvalue weighted by Crippen LogP contribution is 2.21. The smallest absolute Gasteiger partial charge is 0.276 e. The van der Waals surface area contributed by atoms with E-state index in [4.69, 9.17) is 0 Å². The van der Waals surface area contributed by atoms with Crippen molar-refractivity contribution < 1.29 is 8.78 Å². The zero-order valence-corrected chi connectivity index (χ0v) is 6.98. The second-order valence-corrected chi connectivity index (χ2v) is 2.71. The van der Waals surface area contributed by atoms with E-state index in [0.29, 0.717) is 12.0 Å². The molecule has 4 heteroatoms. The maximum Gasteiger partial charge on any atom is 0.280 e. The molecule has 0 radical (unpaired) electrons. The second kappa shape index (κ2) is 4.18. The first kappa shape index (κ1) is 9.16. The molecule has 68 valence electrons. The summed E-state index contributed by atoms with van der Waals surface area (Å²) in [6.45, 7) is 2.03. The van der Waals surface area contributed by atoms with Crippen LogP contribution in [-0.2, 0) is 6.42 Å². The van der Waals surface area contributed by atoms with Crippen LogP contribution in [0.4, 0.5) is 8.78 Å². The summed E-state index contributed by atoms with van der Waals surface area (Å²) >= 11 is 0. The lowest BCUT2D eigenvalue weighted by Gasteiger charge is -1.99. The van der Waals surface area contributed by atoms with E-state index in [1.54, 1.807) is 0 Å². The van der Waals surface area contributed by atoms with Crippen LogP contribution in [-0.4, -0.2) is 10.2 Å². The Hall–Kier alpha value is -0.930. The molecule has 0 amide bonds. The van der Waals surface area contributed by atoms with Crippen molar-refractivity contribution in [3.63, 3.8) is 0 Å². The number of rotatable bonds is 4. The summed E-state index contributed by atoms with van der Waals surface area (Å²) < 4.78 is 24.4. The number of aromatic amines is 1. The normalized spacial score (nSPS) is 11.0. The van der Waals surface area contributed by atoms with Crippen LogP contribution in [0.2, 0.25) is 0 Å². The van der Waals surface area contributed by atoms with Gasteiger partial charge in [-0.1, -0.05) is 13.3 Å². The topological polar surface area (TPSA) is 28.7 Å². The molecule has 1 aromatic rings. The molecule has 0 atom stereocenters. The molecule has 0 aliphatic carbocycles. The van der Waals surface area contributed by atoms with Gasteiger partial charge in [0, 0.05) is 0 Å². The van der Waals surface area contributed by atoms with Crippen molar-refractivity contribution in [2.75, 3.05) is 0 Å². The van der Waals surface area contributed by atoms with E-state index in [2.05, 4.69) is 10.2 Å². The zero-order valence-electron chi connectivity index (χ0n) is 6.98. The largest absolute Gasteiger partial charge is 0.280 e. The zero-order chi connectivity index (χ0) is 8.97. The second-order valence-electron chi connectivity index (χ2n) is 2.71. The van der Waals surface area contributed by atoms with Crippen LogP contribution >= 0.6 is 0 Å². The van der Waals surface area contributed by atoms with Gasteiger partial charge in [-0.25, -0.2) is 8.78 Å².